The zero-order valence-corrected chi connectivity index (χ0v) is 13.9. The summed E-state index contributed by atoms with van der Waals surface area (Å²) in [6.45, 7) is 6.46. The largest absolute Gasteiger partial charge is 0.341 e. The highest BCUT2D eigenvalue weighted by atomic mass is 19.1. The van der Waals surface area contributed by atoms with Gasteiger partial charge >= 0.3 is 0 Å². The van der Waals surface area contributed by atoms with E-state index in [9.17, 15) is 14.0 Å². The fourth-order valence-corrected chi connectivity index (χ4v) is 2.81. The normalized spacial score (nSPS) is 15.7. The number of hydrogen-bond acceptors (Lipinski definition) is 2. The Labute approximate surface area is 137 Å². The minimum Gasteiger partial charge on any atom is -0.341 e. The number of amides is 2. The first-order valence-corrected chi connectivity index (χ1v) is 8.26. The standard InChI is InChI=1S/C18H25FN2O2/c1-14(2)12-17(22)20-8-5-9-21(11-10-20)18(23)13-15-6-3-4-7-16(15)19/h3-4,6-7,14H,5,8-13H2,1-2H3. The average Bonchev–Trinajstić information content (AvgIpc) is 2.75. The van der Waals surface area contributed by atoms with Crippen molar-refractivity contribution < 1.29 is 14.0 Å². The van der Waals surface area contributed by atoms with Crippen molar-refractivity contribution in [2.45, 2.75) is 33.1 Å². The third-order valence-electron chi connectivity index (χ3n) is 4.08. The molecule has 0 aromatic heterocycles. The average molecular weight is 320 g/mol. The first-order chi connectivity index (χ1) is 11.0. The molecular formula is C18H25FN2O2. The molecule has 0 aliphatic carbocycles. The van der Waals surface area contributed by atoms with Gasteiger partial charge in [0.15, 0.2) is 0 Å². The maximum Gasteiger partial charge on any atom is 0.227 e. The van der Waals surface area contributed by atoms with Crippen LogP contribution in [0.2, 0.25) is 0 Å². The smallest absolute Gasteiger partial charge is 0.227 e. The topological polar surface area (TPSA) is 40.6 Å². The number of halogens is 1. The van der Waals surface area contributed by atoms with E-state index in [0.717, 1.165) is 6.42 Å². The summed E-state index contributed by atoms with van der Waals surface area (Å²) in [5.41, 5.74) is 0.425. The van der Waals surface area contributed by atoms with Crippen LogP contribution in [0.1, 0.15) is 32.3 Å². The molecule has 2 amide bonds. The summed E-state index contributed by atoms with van der Waals surface area (Å²) in [7, 11) is 0. The molecule has 0 unspecified atom stereocenters. The lowest BCUT2D eigenvalue weighted by Crippen LogP contribution is -2.38. The Balaban J connectivity index is 1.91. The van der Waals surface area contributed by atoms with Gasteiger partial charge in [-0.3, -0.25) is 9.59 Å². The molecule has 23 heavy (non-hydrogen) atoms. The number of nitrogens with zero attached hydrogens (tertiary/aromatic N) is 2. The monoisotopic (exact) mass is 320 g/mol. The van der Waals surface area contributed by atoms with Gasteiger partial charge in [0.25, 0.3) is 0 Å². The zero-order valence-electron chi connectivity index (χ0n) is 13.9. The van der Waals surface area contributed by atoms with E-state index in [4.69, 9.17) is 0 Å². The quantitative estimate of drug-likeness (QED) is 0.855. The van der Waals surface area contributed by atoms with Gasteiger partial charge < -0.3 is 9.80 Å². The summed E-state index contributed by atoms with van der Waals surface area (Å²) in [6.07, 6.45) is 1.39. The molecule has 126 valence electrons. The highest BCUT2D eigenvalue weighted by Crippen LogP contribution is 2.12. The minimum atomic E-state index is -0.343. The number of carbonyl (C=O) groups is 2. The summed E-state index contributed by atoms with van der Waals surface area (Å²) in [6, 6.07) is 6.37. The van der Waals surface area contributed by atoms with Gasteiger partial charge in [0.1, 0.15) is 5.82 Å². The van der Waals surface area contributed by atoms with E-state index in [-0.39, 0.29) is 24.1 Å². The van der Waals surface area contributed by atoms with E-state index in [1.54, 1.807) is 23.1 Å². The van der Waals surface area contributed by atoms with E-state index < -0.39 is 0 Å². The molecule has 1 aliphatic rings. The van der Waals surface area contributed by atoms with Gasteiger partial charge in [-0.15, -0.1) is 0 Å². The second-order valence-electron chi connectivity index (χ2n) is 6.48. The van der Waals surface area contributed by atoms with Gasteiger partial charge in [-0.05, 0) is 24.0 Å². The maximum absolute atomic E-state index is 13.7. The zero-order chi connectivity index (χ0) is 16.8. The van der Waals surface area contributed by atoms with Gasteiger partial charge in [-0.1, -0.05) is 32.0 Å². The Morgan fingerprint density at radius 2 is 1.65 bits per heavy atom. The van der Waals surface area contributed by atoms with Crippen molar-refractivity contribution in [1.82, 2.24) is 9.80 Å². The highest BCUT2D eigenvalue weighted by Gasteiger charge is 2.22. The van der Waals surface area contributed by atoms with Crippen LogP contribution in [-0.4, -0.2) is 47.8 Å². The molecule has 1 heterocycles. The van der Waals surface area contributed by atoms with E-state index in [1.165, 1.54) is 6.07 Å². The van der Waals surface area contributed by atoms with Gasteiger partial charge in [0.05, 0.1) is 6.42 Å². The SMILES string of the molecule is CC(C)CC(=O)N1CCCN(C(=O)Cc2ccccc2F)CC1. The Morgan fingerprint density at radius 3 is 2.26 bits per heavy atom. The number of hydrogen-bond donors (Lipinski definition) is 0. The van der Waals surface area contributed by atoms with Crippen molar-refractivity contribution in [3.63, 3.8) is 0 Å². The van der Waals surface area contributed by atoms with E-state index >= 15 is 0 Å². The van der Waals surface area contributed by atoms with Crippen LogP contribution in [0.3, 0.4) is 0 Å². The summed E-state index contributed by atoms with van der Waals surface area (Å²) >= 11 is 0. The number of benzene rings is 1. The Bertz CT molecular complexity index is 560. The first-order valence-electron chi connectivity index (χ1n) is 8.26. The summed E-state index contributed by atoms with van der Waals surface area (Å²) in [5, 5.41) is 0. The molecular weight excluding hydrogens is 295 g/mol. The van der Waals surface area contributed by atoms with Crippen molar-refractivity contribution in [3.05, 3.63) is 35.6 Å². The molecule has 4 nitrogen and oxygen atoms in total. The van der Waals surface area contributed by atoms with Crippen LogP contribution in [0.5, 0.6) is 0 Å². The molecule has 1 aromatic carbocycles. The van der Waals surface area contributed by atoms with E-state index in [1.807, 2.05) is 18.7 Å². The predicted molar refractivity (Wildman–Crippen MR) is 87.3 cm³/mol. The summed E-state index contributed by atoms with van der Waals surface area (Å²) in [5.74, 6) is 0.0746. The third-order valence-corrected chi connectivity index (χ3v) is 4.08. The molecule has 1 aromatic rings. The van der Waals surface area contributed by atoms with Crippen LogP contribution in [0, 0.1) is 11.7 Å². The molecule has 0 spiro atoms. The van der Waals surface area contributed by atoms with Crippen LogP contribution in [0.4, 0.5) is 4.39 Å². The second-order valence-corrected chi connectivity index (χ2v) is 6.48. The third kappa shape index (κ3) is 5.05. The molecule has 2 rings (SSSR count). The van der Waals surface area contributed by atoms with E-state index in [0.29, 0.717) is 44.1 Å². The molecule has 0 atom stereocenters. The Hall–Kier alpha value is -1.91. The second kappa shape index (κ2) is 8.09. The molecule has 0 bridgehead atoms. The first kappa shape index (κ1) is 17.4. The Kier molecular flexibility index (Phi) is 6.13. The van der Waals surface area contributed by atoms with Crippen LogP contribution in [0.15, 0.2) is 24.3 Å². The molecule has 0 radical (unpaired) electrons. The summed E-state index contributed by atoms with van der Waals surface area (Å²) in [4.78, 5) is 28.1. The fraction of sp³-hybridized carbons (Fsp3) is 0.556. The highest BCUT2D eigenvalue weighted by molar-refractivity contribution is 5.79. The van der Waals surface area contributed by atoms with Crippen molar-refractivity contribution in [2.75, 3.05) is 26.2 Å². The van der Waals surface area contributed by atoms with Crippen LogP contribution < -0.4 is 0 Å². The van der Waals surface area contributed by atoms with Gasteiger partial charge in [0, 0.05) is 32.6 Å². The lowest BCUT2D eigenvalue weighted by molar-refractivity contribution is -0.133. The molecule has 5 heteroatoms. The molecule has 0 saturated carbocycles. The van der Waals surface area contributed by atoms with Crippen LogP contribution in [-0.2, 0) is 16.0 Å². The molecule has 1 aliphatic heterocycles. The Morgan fingerprint density at radius 1 is 1.04 bits per heavy atom. The van der Waals surface area contributed by atoms with Crippen molar-refractivity contribution in [1.29, 1.82) is 0 Å². The molecule has 1 fully saturated rings. The minimum absolute atomic E-state index is 0.0757. The number of rotatable bonds is 4. The van der Waals surface area contributed by atoms with Crippen molar-refractivity contribution >= 4 is 11.8 Å². The van der Waals surface area contributed by atoms with Gasteiger partial charge in [-0.2, -0.15) is 0 Å². The maximum atomic E-state index is 13.7. The van der Waals surface area contributed by atoms with Gasteiger partial charge in [0.2, 0.25) is 11.8 Å². The lowest BCUT2D eigenvalue weighted by Gasteiger charge is -2.23. The molecule has 1 saturated heterocycles. The van der Waals surface area contributed by atoms with Crippen LogP contribution in [0.25, 0.3) is 0 Å². The fourth-order valence-electron chi connectivity index (χ4n) is 2.81. The lowest BCUT2D eigenvalue weighted by atomic mass is 10.1. The predicted octanol–water partition coefficient (Wildman–Crippen LogP) is 2.48. The van der Waals surface area contributed by atoms with Crippen LogP contribution >= 0.6 is 0 Å². The summed E-state index contributed by atoms with van der Waals surface area (Å²) < 4.78 is 13.7. The van der Waals surface area contributed by atoms with Crippen molar-refractivity contribution in [2.24, 2.45) is 5.92 Å². The van der Waals surface area contributed by atoms with Crippen molar-refractivity contribution in [3.8, 4) is 0 Å². The molecule has 0 N–H and O–H groups in total. The number of carbonyl (C=O) groups excluding carboxylic acids is 2. The van der Waals surface area contributed by atoms with Gasteiger partial charge in [-0.25, -0.2) is 4.39 Å². The van der Waals surface area contributed by atoms with E-state index in [2.05, 4.69) is 0 Å².